The molecule has 164 valence electrons. The normalized spacial score (nSPS) is 15.1. The molecule has 2 N–H and O–H groups in total. The predicted molar refractivity (Wildman–Crippen MR) is 96.3 cm³/mol. The van der Waals surface area contributed by atoms with E-state index in [1.54, 1.807) is 6.33 Å². The zero-order valence-electron chi connectivity index (χ0n) is 16.0. The Hall–Kier alpha value is -2.73. The molecular weight excluding hydrogens is 413 g/mol. The second-order valence-electron chi connectivity index (χ2n) is 6.77. The number of amides is 2. The van der Waals surface area contributed by atoms with Crippen molar-refractivity contribution in [2.75, 3.05) is 18.6 Å². The highest BCUT2D eigenvalue weighted by Crippen LogP contribution is 2.21. The Morgan fingerprint density at radius 2 is 2.03 bits per heavy atom. The van der Waals surface area contributed by atoms with Crippen molar-refractivity contribution < 1.29 is 31.5 Å². The Labute approximate surface area is 168 Å². The summed E-state index contributed by atoms with van der Waals surface area (Å²) in [7, 11) is 0. The summed E-state index contributed by atoms with van der Waals surface area (Å²) in [5, 5.41) is 4.72. The van der Waals surface area contributed by atoms with Crippen LogP contribution in [0.25, 0.3) is 0 Å². The van der Waals surface area contributed by atoms with E-state index in [9.17, 15) is 26.7 Å². The van der Waals surface area contributed by atoms with Crippen LogP contribution in [0, 0.1) is 11.6 Å². The van der Waals surface area contributed by atoms with Crippen LogP contribution in [0.4, 0.5) is 32.4 Å². The quantitative estimate of drug-likeness (QED) is 0.417. The number of hydrogen-bond acceptors (Lipinski definition) is 4. The summed E-state index contributed by atoms with van der Waals surface area (Å²) in [6.07, 6.45) is -2.79. The van der Waals surface area contributed by atoms with Crippen LogP contribution in [-0.2, 0) is 24.4 Å². The van der Waals surface area contributed by atoms with E-state index < -0.39 is 29.9 Å². The number of fused-ring (bicyclic) bond motifs is 1. The minimum atomic E-state index is -4.36. The second kappa shape index (κ2) is 8.96. The summed E-state index contributed by atoms with van der Waals surface area (Å²) in [4.78, 5) is 18.1. The molecule has 0 fully saturated rings. The number of alkyl halides is 3. The molecular formula is C18H20F5N5O2. The largest absolute Gasteiger partial charge is 0.403 e. The lowest BCUT2D eigenvalue weighted by molar-refractivity contribution is -0.156. The SMILES string of the molecule is C[C@@H](NCOCc1ncn2c1CN(C(=O)Nc1ccc(F)c(F)c1)CC2)C(F)(F)F. The van der Waals surface area contributed by atoms with Gasteiger partial charge in [0.25, 0.3) is 0 Å². The Balaban J connectivity index is 1.55. The fraction of sp³-hybridized carbons (Fsp3) is 0.444. The van der Waals surface area contributed by atoms with Crippen LogP contribution in [0.5, 0.6) is 0 Å². The third-order valence-corrected chi connectivity index (χ3v) is 4.66. The van der Waals surface area contributed by atoms with Gasteiger partial charge in [-0.15, -0.1) is 0 Å². The number of nitrogens with one attached hydrogen (secondary N) is 2. The van der Waals surface area contributed by atoms with Crippen molar-refractivity contribution in [1.82, 2.24) is 19.8 Å². The highest BCUT2D eigenvalue weighted by atomic mass is 19.4. The molecule has 1 aliphatic rings. The maximum Gasteiger partial charge on any atom is 0.403 e. The number of rotatable bonds is 6. The molecule has 2 aromatic rings. The molecule has 0 aliphatic carbocycles. The minimum absolute atomic E-state index is 0.0292. The molecule has 1 atom stereocenters. The Morgan fingerprint density at radius 1 is 1.27 bits per heavy atom. The molecule has 7 nitrogen and oxygen atoms in total. The molecule has 0 spiro atoms. The number of carbonyl (C=O) groups excluding carboxylic acids is 1. The van der Waals surface area contributed by atoms with E-state index in [1.807, 2.05) is 4.57 Å². The van der Waals surface area contributed by atoms with Crippen molar-refractivity contribution in [2.45, 2.75) is 38.8 Å². The number of benzene rings is 1. The zero-order chi connectivity index (χ0) is 21.9. The standard InChI is InChI=1S/C18H20F5N5O2/c1-11(18(21,22)23)25-10-30-8-15-16-7-27(4-5-28(16)9-24-15)17(29)26-12-2-3-13(19)14(20)6-12/h2-3,6,9,11,25H,4-5,7-8,10H2,1H3,(H,26,29)/t11-/m1/s1. The molecule has 0 saturated heterocycles. The van der Waals surface area contributed by atoms with E-state index in [0.717, 1.165) is 19.1 Å². The first kappa shape index (κ1) is 22.0. The van der Waals surface area contributed by atoms with Gasteiger partial charge in [-0.3, -0.25) is 5.32 Å². The zero-order valence-corrected chi connectivity index (χ0v) is 16.0. The van der Waals surface area contributed by atoms with Gasteiger partial charge in [-0.25, -0.2) is 18.6 Å². The first-order chi connectivity index (χ1) is 14.1. The van der Waals surface area contributed by atoms with Crippen LogP contribution in [0.15, 0.2) is 24.5 Å². The summed E-state index contributed by atoms with van der Waals surface area (Å²) in [5.41, 5.74) is 1.30. The lowest BCUT2D eigenvalue weighted by Gasteiger charge is -2.29. The van der Waals surface area contributed by atoms with Crippen LogP contribution in [-0.4, -0.2) is 46.0 Å². The van der Waals surface area contributed by atoms with E-state index in [4.69, 9.17) is 4.74 Å². The first-order valence-corrected chi connectivity index (χ1v) is 9.07. The Kier molecular flexibility index (Phi) is 6.56. The van der Waals surface area contributed by atoms with Crippen molar-refractivity contribution in [3.63, 3.8) is 0 Å². The van der Waals surface area contributed by atoms with Gasteiger partial charge in [0.05, 0.1) is 37.6 Å². The van der Waals surface area contributed by atoms with Crippen LogP contribution in [0.1, 0.15) is 18.3 Å². The number of ether oxygens (including phenoxy) is 1. The molecule has 3 rings (SSSR count). The minimum Gasteiger partial charge on any atom is -0.360 e. The molecule has 2 amide bonds. The van der Waals surface area contributed by atoms with E-state index in [0.29, 0.717) is 24.5 Å². The molecule has 0 unspecified atom stereocenters. The number of urea groups is 1. The fourth-order valence-corrected chi connectivity index (χ4v) is 2.83. The Morgan fingerprint density at radius 3 is 2.73 bits per heavy atom. The van der Waals surface area contributed by atoms with E-state index in [-0.39, 0.29) is 25.6 Å². The van der Waals surface area contributed by atoms with Gasteiger partial charge in [-0.2, -0.15) is 13.2 Å². The van der Waals surface area contributed by atoms with Gasteiger partial charge in [0.2, 0.25) is 0 Å². The van der Waals surface area contributed by atoms with Gasteiger partial charge >= 0.3 is 12.2 Å². The molecule has 30 heavy (non-hydrogen) atoms. The maximum absolute atomic E-state index is 13.3. The third-order valence-electron chi connectivity index (χ3n) is 4.66. The van der Waals surface area contributed by atoms with Crippen LogP contribution in [0.2, 0.25) is 0 Å². The van der Waals surface area contributed by atoms with Gasteiger partial charge in [0, 0.05) is 24.8 Å². The smallest absolute Gasteiger partial charge is 0.360 e. The van der Waals surface area contributed by atoms with Crippen molar-refractivity contribution in [2.24, 2.45) is 0 Å². The summed E-state index contributed by atoms with van der Waals surface area (Å²) >= 11 is 0. The van der Waals surface area contributed by atoms with Gasteiger partial charge in [0.15, 0.2) is 11.6 Å². The highest BCUT2D eigenvalue weighted by molar-refractivity contribution is 5.89. The van der Waals surface area contributed by atoms with E-state index in [1.165, 1.54) is 11.0 Å². The maximum atomic E-state index is 13.3. The van der Waals surface area contributed by atoms with E-state index in [2.05, 4.69) is 15.6 Å². The van der Waals surface area contributed by atoms with Gasteiger partial charge in [0.1, 0.15) is 6.04 Å². The summed E-state index contributed by atoms with van der Waals surface area (Å²) < 4.78 is 70.8. The number of aromatic nitrogens is 2. The average molecular weight is 433 g/mol. The average Bonchev–Trinajstić information content (AvgIpc) is 3.09. The second-order valence-corrected chi connectivity index (χ2v) is 6.77. The third kappa shape index (κ3) is 5.25. The van der Waals surface area contributed by atoms with Crippen molar-refractivity contribution in [3.8, 4) is 0 Å². The molecule has 12 heteroatoms. The molecule has 1 aromatic heterocycles. The highest BCUT2D eigenvalue weighted by Gasteiger charge is 2.35. The first-order valence-electron chi connectivity index (χ1n) is 9.07. The molecule has 1 aromatic carbocycles. The summed E-state index contributed by atoms with van der Waals surface area (Å²) in [5.74, 6) is -2.09. The summed E-state index contributed by atoms with van der Waals surface area (Å²) in [6, 6.07) is 0.846. The molecule has 2 heterocycles. The number of anilines is 1. The topological polar surface area (TPSA) is 71.4 Å². The monoisotopic (exact) mass is 433 g/mol. The number of hydrogen-bond donors (Lipinski definition) is 2. The molecule has 1 aliphatic heterocycles. The summed E-state index contributed by atoms with van der Waals surface area (Å²) in [6.45, 7) is 1.65. The number of halogens is 5. The number of nitrogens with zero attached hydrogens (tertiary/aromatic N) is 3. The number of imidazole rings is 1. The van der Waals surface area contributed by atoms with Gasteiger partial charge in [-0.05, 0) is 19.1 Å². The van der Waals surface area contributed by atoms with Crippen molar-refractivity contribution in [3.05, 3.63) is 47.5 Å². The van der Waals surface area contributed by atoms with E-state index >= 15 is 0 Å². The predicted octanol–water partition coefficient (Wildman–Crippen LogP) is 3.22. The van der Waals surface area contributed by atoms with Gasteiger partial charge < -0.3 is 19.5 Å². The Bertz CT molecular complexity index is 902. The van der Waals surface area contributed by atoms with Crippen LogP contribution < -0.4 is 10.6 Å². The lowest BCUT2D eigenvalue weighted by atomic mass is 10.2. The fourth-order valence-electron chi connectivity index (χ4n) is 2.83. The van der Waals surface area contributed by atoms with Crippen molar-refractivity contribution >= 4 is 11.7 Å². The van der Waals surface area contributed by atoms with Crippen molar-refractivity contribution in [1.29, 1.82) is 0 Å². The van der Waals surface area contributed by atoms with Crippen LogP contribution >= 0.6 is 0 Å². The molecule has 0 saturated carbocycles. The number of carbonyl (C=O) groups is 1. The molecule has 0 bridgehead atoms. The van der Waals surface area contributed by atoms with Crippen LogP contribution in [0.3, 0.4) is 0 Å². The lowest BCUT2D eigenvalue weighted by Crippen LogP contribution is -2.41. The van der Waals surface area contributed by atoms with Gasteiger partial charge in [-0.1, -0.05) is 0 Å². The molecule has 0 radical (unpaired) electrons.